The van der Waals surface area contributed by atoms with Gasteiger partial charge in [0.1, 0.15) is 11.4 Å². The lowest BCUT2D eigenvalue weighted by Crippen LogP contribution is -2.49. The highest BCUT2D eigenvalue weighted by atomic mass is 35.5. The minimum Gasteiger partial charge on any atom is -0.444 e. The molecule has 0 bridgehead atoms. The number of piperidine rings is 2. The molecule has 1 amide bonds. The summed E-state index contributed by atoms with van der Waals surface area (Å²) in [7, 11) is 0. The normalized spacial score (nSPS) is 19.5. The number of pyridine rings is 1. The van der Waals surface area contributed by atoms with E-state index in [1.54, 1.807) is 11.8 Å². The van der Waals surface area contributed by atoms with Gasteiger partial charge in [0.25, 0.3) is 0 Å². The Hall–Kier alpha value is -1.96. The third kappa shape index (κ3) is 6.37. The Labute approximate surface area is 230 Å². The second-order valence-electron chi connectivity index (χ2n) is 11.7. The zero-order valence-corrected chi connectivity index (χ0v) is 23.9. The molecule has 200 valence electrons. The standard InChI is InChI=1S/C29H39ClN4O2S/c1-28(2,3)36-27(35)33-19-12-29(13-20-33)10-17-32(18-11-29)15-4-5-16-34-23-21-22(30)8-9-24(23)37-25-7-6-14-31-26(25)34/h6-9,14,21H,4-5,10-13,15-20H2,1-3H3. The number of carbonyl (C=O) groups is 1. The van der Waals surface area contributed by atoms with Gasteiger partial charge < -0.3 is 19.4 Å². The van der Waals surface area contributed by atoms with Gasteiger partial charge in [-0.2, -0.15) is 0 Å². The largest absolute Gasteiger partial charge is 0.444 e. The Balaban J connectivity index is 1.08. The summed E-state index contributed by atoms with van der Waals surface area (Å²) in [6.45, 7) is 11.8. The van der Waals surface area contributed by atoms with Crippen LogP contribution in [0.5, 0.6) is 0 Å². The third-order valence-corrected chi connectivity index (χ3v) is 9.28. The smallest absolute Gasteiger partial charge is 0.410 e. The van der Waals surface area contributed by atoms with Crippen LogP contribution in [0.15, 0.2) is 46.3 Å². The van der Waals surface area contributed by atoms with Gasteiger partial charge in [0.05, 0.1) is 10.6 Å². The molecule has 0 radical (unpaired) electrons. The van der Waals surface area contributed by atoms with E-state index in [9.17, 15) is 4.79 Å². The molecule has 0 atom stereocenters. The van der Waals surface area contributed by atoms with E-state index in [-0.39, 0.29) is 6.09 Å². The maximum Gasteiger partial charge on any atom is 0.410 e. The van der Waals surface area contributed by atoms with E-state index in [1.165, 1.54) is 34.7 Å². The van der Waals surface area contributed by atoms with Crippen LogP contribution in [0.25, 0.3) is 0 Å². The van der Waals surface area contributed by atoms with Crippen molar-refractivity contribution in [1.29, 1.82) is 0 Å². The summed E-state index contributed by atoms with van der Waals surface area (Å²) in [6, 6.07) is 10.3. The molecule has 0 unspecified atom stereocenters. The van der Waals surface area contributed by atoms with E-state index in [2.05, 4.69) is 28.0 Å². The van der Waals surface area contributed by atoms with Crippen molar-refractivity contribution < 1.29 is 9.53 Å². The quantitative estimate of drug-likeness (QED) is 0.371. The van der Waals surface area contributed by atoms with Crippen LogP contribution in [0, 0.1) is 5.41 Å². The van der Waals surface area contributed by atoms with E-state index < -0.39 is 5.60 Å². The van der Waals surface area contributed by atoms with Crippen LogP contribution in [-0.4, -0.2) is 65.7 Å². The summed E-state index contributed by atoms with van der Waals surface area (Å²) in [5.41, 5.74) is 1.14. The number of fused-ring (bicyclic) bond motifs is 2. The molecule has 37 heavy (non-hydrogen) atoms. The average Bonchev–Trinajstić information content (AvgIpc) is 2.87. The topological polar surface area (TPSA) is 48.9 Å². The van der Waals surface area contributed by atoms with E-state index in [0.29, 0.717) is 5.41 Å². The highest BCUT2D eigenvalue weighted by Crippen LogP contribution is 2.48. The summed E-state index contributed by atoms with van der Waals surface area (Å²) in [5, 5.41) is 0.767. The van der Waals surface area contributed by atoms with Crippen molar-refractivity contribution in [3.63, 3.8) is 0 Å². The Kier molecular flexibility index (Phi) is 7.94. The lowest BCUT2D eigenvalue weighted by atomic mass is 9.71. The Bertz CT molecular complexity index is 1100. The van der Waals surface area contributed by atoms with Crippen LogP contribution in [0.2, 0.25) is 5.02 Å². The van der Waals surface area contributed by atoms with Crippen molar-refractivity contribution in [2.24, 2.45) is 5.41 Å². The molecule has 6 nitrogen and oxygen atoms in total. The van der Waals surface area contributed by atoms with Crippen LogP contribution in [0.1, 0.15) is 59.3 Å². The fourth-order valence-electron chi connectivity index (χ4n) is 5.76. The second kappa shape index (κ2) is 11.0. The van der Waals surface area contributed by atoms with Crippen molar-refractivity contribution in [1.82, 2.24) is 14.8 Å². The number of nitrogens with zero attached hydrogens (tertiary/aromatic N) is 4. The maximum atomic E-state index is 12.4. The molecule has 3 aliphatic heterocycles. The van der Waals surface area contributed by atoms with Gasteiger partial charge in [-0.15, -0.1) is 0 Å². The average molecular weight is 543 g/mol. The highest BCUT2D eigenvalue weighted by molar-refractivity contribution is 7.99. The molecule has 2 fully saturated rings. The molecule has 1 spiro atoms. The predicted octanol–water partition coefficient (Wildman–Crippen LogP) is 7.23. The third-order valence-electron chi connectivity index (χ3n) is 7.94. The van der Waals surface area contributed by atoms with Crippen LogP contribution in [-0.2, 0) is 4.74 Å². The number of unbranched alkanes of at least 4 members (excludes halogenated alkanes) is 1. The SMILES string of the molecule is CC(C)(C)OC(=O)N1CCC2(CCN(CCCCN3c4cc(Cl)ccc4Sc4cccnc43)CC2)CC1. The number of amides is 1. The fourth-order valence-corrected chi connectivity index (χ4v) is 6.97. The molecule has 5 rings (SSSR count). The molecule has 0 aliphatic carbocycles. The molecule has 8 heteroatoms. The van der Waals surface area contributed by atoms with E-state index >= 15 is 0 Å². The van der Waals surface area contributed by atoms with E-state index in [0.717, 1.165) is 69.4 Å². The first kappa shape index (κ1) is 26.6. The van der Waals surface area contributed by atoms with Gasteiger partial charge in [0.15, 0.2) is 0 Å². The van der Waals surface area contributed by atoms with Crippen molar-refractivity contribution >= 4 is 41.0 Å². The van der Waals surface area contributed by atoms with E-state index in [4.69, 9.17) is 21.3 Å². The molecule has 1 aromatic carbocycles. The van der Waals surface area contributed by atoms with Crippen molar-refractivity contribution in [3.05, 3.63) is 41.6 Å². The number of benzene rings is 1. The summed E-state index contributed by atoms with van der Waals surface area (Å²) in [6.07, 6.45) is 8.67. The number of ether oxygens (including phenoxy) is 1. The monoisotopic (exact) mass is 542 g/mol. The first-order valence-electron chi connectivity index (χ1n) is 13.6. The van der Waals surface area contributed by atoms with Crippen molar-refractivity contribution in [3.8, 4) is 0 Å². The molecule has 4 heterocycles. The van der Waals surface area contributed by atoms with Gasteiger partial charge in [-0.05, 0) is 115 Å². The molecular formula is C29H39ClN4O2S. The Morgan fingerprint density at radius 2 is 1.73 bits per heavy atom. The van der Waals surface area contributed by atoms with Gasteiger partial charge in [-0.3, -0.25) is 0 Å². The summed E-state index contributed by atoms with van der Waals surface area (Å²) in [4.78, 5) is 26.5. The number of carbonyl (C=O) groups excluding carboxylic acids is 1. The number of aromatic nitrogens is 1. The fraction of sp³-hybridized carbons (Fsp3) is 0.586. The summed E-state index contributed by atoms with van der Waals surface area (Å²) >= 11 is 8.13. The Morgan fingerprint density at radius 3 is 2.46 bits per heavy atom. The molecule has 3 aliphatic rings. The maximum absolute atomic E-state index is 12.4. The second-order valence-corrected chi connectivity index (χ2v) is 13.2. The molecule has 0 saturated carbocycles. The molecule has 0 N–H and O–H groups in total. The lowest BCUT2D eigenvalue weighted by Gasteiger charge is -2.47. The minimum absolute atomic E-state index is 0.158. The lowest BCUT2D eigenvalue weighted by molar-refractivity contribution is -0.00246. The highest BCUT2D eigenvalue weighted by Gasteiger charge is 2.39. The van der Waals surface area contributed by atoms with Crippen molar-refractivity contribution in [2.75, 3.05) is 44.2 Å². The van der Waals surface area contributed by atoms with Crippen LogP contribution >= 0.6 is 23.4 Å². The number of hydrogen-bond acceptors (Lipinski definition) is 6. The number of halogens is 1. The van der Waals surface area contributed by atoms with Gasteiger partial charge in [0, 0.05) is 35.7 Å². The van der Waals surface area contributed by atoms with Gasteiger partial charge in [0.2, 0.25) is 0 Å². The van der Waals surface area contributed by atoms with Gasteiger partial charge in [-0.25, -0.2) is 9.78 Å². The first-order valence-corrected chi connectivity index (χ1v) is 14.8. The number of likely N-dealkylation sites (tertiary alicyclic amines) is 2. The Morgan fingerprint density at radius 1 is 1.03 bits per heavy atom. The van der Waals surface area contributed by atoms with E-state index in [1.807, 2.05) is 44.0 Å². The molecular weight excluding hydrogens is 504 g/mol. The van der Waals surface area contributed by atoms with Crippen LogP contribution < -0.4 is 4.90 Å². The van der Waals surface area contributed by atoms with Gasteiger partial charge >= 0.3 is 6.09 Å². The molecule has 2 aromatic rings. The van der Waals surface area contributed by atoms with Crippen LogP contribution in [0.3, 0.4) is 0 Å². The number of rotatable bonds is 5. The predicted molar refractivity (Wildman–Crippen MR) is 151 cm³/mol. The number of hydrogen-bond donors (Lipinski definition) is 0. The zero-order chi connectivity index (χ0) is 26.0. The van der Waals surface area contributed by atoms with Crippen LogP contribution in [0.4, 0.5) is 16.3 Å². The number of anilines is 2. The summed E-state index contributed by atoms with van der Waals surface area (Å²) < 4.78 is 5.58. The molecule has 2 saturated heterocycles. The minimum atomic E-state index is -0.430. The summed E-state index contributed by atoms with van der Waals surface area (Å²) in [5.74, 6) is 1.04. The first-order chi connectivity index (χ1) is 17.7. The van der Waals surface area contributed by atoms with Gasteiger partial charge in [-0.1, -0.05) is 23.4 Å². The zero-order valence-electron chi connectivity index (χ0n) is 22.3. The molecule has 1 aromatic heterocycles. The van der Waals surface area contributed by atoms with Crippen molar-refractivity contribution in [2.45, 2.75) is 74.7 Å².